The molecule has 0 radical (unpaired) electrons. The molecule has 5 nitrogen and oxygen atoms in total. The van der Waals surface area contributed by atoms with Crippen LogP contribution in [0.4, 0.5) is 0 Å². The Morgan fingerprint density at radius 1 is 1.19 bits per heavy atom. The first-order valence-corrected chi connectivity index (χ1v) is 11.4. The van der Waals surface area contributed by atoms with Crippen molar-refractivity contribution in [2.75, 3.05) is 39.3 Å². The van der Waals surface area contributed by atoms with E-state index >= 15 is 0 Å². The van der Waals surface area contributed by atoms with Gasteiger partial charge in [-0.3, -0.25) is 0 Å². The van der Waals surface area contributed by atoms with Crippen molar-refractivity contribution in [1.29, 1.82) is 0 Å². The molecule has 1 N–H and O–H groups in total. The average Bonchev–Trinajstić information content (AvgIpc) is 3.17. The highest BCUT2D eigenvalue weighted by Crippen LogP contribution is 2.21. The van der Waals surface area contributed by atoms with Gasteiger partial charge in [-0.25, -0.2) is 8.42 Å². The molecular formula is C19H27N2O3S2+. The Morgan fingerprint density at radius 2 is 1.96 bits per heavy atom. The summed E-state index contributed by atoms with van der Waals surface area (Å²) in [6.45, 7) is 8.74. The molecule has 0 atom stereocenters. The van der Waals surface area contributed by atoms with E-state index in [2.05, 4.69) is 32.0 Å². The van der Waals surface area contributed by atoms with Crippen LogP contribution >= 0.6 is 11.3 Å². The van der Waals surface area contributed by atoms with E-state index in [4.69, 9.17) is 4.74 Å². The largest absolute Gasteiger partial charge is 0.493 e. The molecule has 3 rings (SSSR count). The van der Waals surface area contributed by atoms with Crippen LogP contribution in [0.3, 0.4) is 0 Å². The number of benzene rings is 1. The third-order valence-corrected chi connectivity index (χ3v) is 8.07. The van der Waals surface area contributed by atoms with Gasteiger partial charge in [-0.15, -0.1) is 11.3 Å². The van der Waals surface area contributed by atoms with Crippen LogP contribution in [0.5, 0.6) is 5.75 Å². The van der Waals surface area contributed by atoms with E-state index in [0.717, 1.165) is 37.4 Å². The van der Waals surface area contributed by atoms with Crippen LogP contribution in [0.15, 0.2) is 39.9 Å². The Bertz CT molecular complexity index is 811. The number of rotatable bonds is 7. The molecule has 2 heterocycles. The molecule has 0 spiro atoms. The lowest BCUT2D eigenvalue weighted by Gasteiger charge is -2.31. The first kappa shape index (κ1) is 19.4. The molecule has 1 aliphatic heterocycles. The Morgan fingerprint density at radius 3 is 2.65 bits per heavy atom. The number of hydrogen-bond donors (Lipinski definition) is 1. The Kier molecular flexibility index (Phi) is 6.34. The molecule has 7 heteroatoms. The summed E-state index contributed by atoms with van der Waals surface area (Å²) in [6, 6.07) is 9.73. The maximum Gasteiger partial charge on any atom is 0.252 e. The number of piperazine rings is 1. The molecule has 1 saturated heterocycles. The maximum absolute atomic E-state index is 12.5. The van der Waals surface area contributed by atoms with Crippen molar-refractivity contribution >= 4 is 21.4 Å². The quantitative estimate of drug-likeness (QED) is 0.727. The predicted molar refractivity (Wildman–Crippen MR) is 105 cm³/mol. The molecule has 1 fully saturated rings. The zero-order valence-electron chi connectivity index (χ0n) is 15.4. The number of quaternary nitrogens is 1. The van der Waals surface area contributed by atoms with Gasteiger partial charge in [-0.1, -0.05) is 18.2 Å². The topological polar surface area (TPSA) is 51.1 Å². The molecule has 0 aliphatic carbocycles. The normalized spacial score (nSPS) is 16.7. The zero-order valence-corrected chi connectivity index (χ0v) is 17.0. The highest BCUT2D eigenvalue weighted by Gasteiger charge is 2.30. The molecule has 2 aromatic rings. The predicted octanol–water partition coefficient (Wildman–Crippen LogP) is 1.72. The van der Waals surface area contributed by atoms with Crippen LogP contribution in [0.25, 0.3) is 0 Å². The van der Waals surface area contributed by atoms with Crippen molar-refractivity contribution in [3.8, 4) is 5.75 Å². The van der Waals surface area contributed by atoms with Crippen molar-refractivity contribution in [3.63, 3.8) is 0 Å². The van der Waals surface area contributed by atoms with Crippen molar-refractivity contribution in [3.05, 3.63) is 46.8 Å². The van der Waals surface area contributed by atoms with Crippen molar-refractivity contribution in [2.45, 2.75) is 24.5 Å². The van der Waals surface area contributed by atoms with E-state index < -0.39 is 10.0 Å². The highest BCUT2D eigenvalue weighted by molar-refractivity contribution is 7.91. The van der Waals surface area contributed by atoms with Crippen molar-refractivity contribution in [2.24, 2.45) is 0 Å². The lowest BCUT2D eigenvalue weighted by atomic mass is 10.1. The summed E-state index contributed by atoms with van der Waals surface area (Å²) in [4.78, 5) is 1.45. The summed E-state index contributed by atoms with van der Waals surface area (Å²) in [7, 11) is -3.30. The van der Waals surface area contributed by atoms with Gasteiger partial charge in [-0.2, -0.15) is 4.31 Å². The molecule has 0 bridgehead atoms. The zero-order chi connectivity index (χ0) is 18.6. The lowest BCUT2D eigenvalue weighted by Crippen LogP contribution is -3.14. The van der Waals surface area contributed by atoms with E-state index in [9.17, 15) is 8.42 Å². The summed E-state index contributed by atoms with van der Waals surface area (Å²) in [5, 5.41) is 1.81. The lowest BCUT2D eigenvalue weighted by molar-refractivity contribution is -0.903. The number of nitrogens with one attached hydrogen (secondary N) is 1. The minimum atomic E-state index is -3.30. The van der Waals surface area contributed by atoms with Crippen LogP contribution in [0.1, 0.15) is 17.5 Å². The second kappa shape index (κ2) is 8.52. The summed E-state index contributed by atoms with van der Waals surface area (Å²) < 4.78 is 33.1. The van der Waals surface area contributed by atoms with Crippen molar-refractivity contribution in [1.82, 2.24) is 4.31 Å². The molecular weight excluding hydrogens is 368 g/mol. The fourth-order valence-electron chi connectivity index (χ4n) is 3.20. The fraction of sp³-hybridized carbons (Fsp3) is 0.474. The van der Waals surface area contributed by atoms with Gasteiger partial charge < -0.3 is 9.64 Å². The van der Waals surface area contributed by atoms with Gasteiger partial charge in [0.1, 0.15) is 9.96 Å². The molecule has 1 aliphatic rings. The van der Waals surface area contributed by atoms with Crippen LogP contribution in [-0.4, -0.2) is 52.1 Å². The Hall–Kier alpha value is -1.41. The van der Waals surface area contributed by atoms with E-state index in [1.54, 1.807) is 16.4 Å². The SMILES string of the molecule is Cc1ccc(C)c(OCCC[NH+]2CCN(S(=O)(=O)c3cccs3)CC2)c1. The first-order valence-electron chi connectivity index (χ1n) is 9.04. The average molecular weight is 396 g/mol. The van der Waals surface area contributed by atoms with Crippen LogP contribution in [-0.2, 0) is 10.0 Å². The molecule has 0 unspecified atom stereocenters. The first-order chi connectivity index (χ1) is 12.5. The molecule has 26 heavy (non-hydrogen) atoms. The minimum absolute atomic E-state index is 0.447. The smallest absolute Gasteiger partial charge is 0.252 e. The summed E-state index contributed by atoms with van der Waals surface area (Å²) >= 11 is 1.29. The third kappa shape index (κ3) is 4.65. The van der Waals surface area contributed by atoms with E-state index in [0.29, 0.717) is 23.9 Å². The number of nitrogens with zero attached hydrogens (tertiary/aromatic N) is 1. The second-order valence-electron chi connectivity index (χ2n) is 6.81. The molecule has 0 saturated carbocycles. The Balaban J connectivity index is 1.41. The van der Waals surface area contributed by atoms with Crippen LogP contribution < -0.4 is 9.64 Å². The van der Waals surface area contributed by atoms with Gasteiger partial charge >= 0.3 is 0 Å². The van der Waals surface area contributed by atoms with Gasteiger partial charge in [0.2, 0.25) is 0 Å². The monoisotopic (exact) mass is 395 g/mol. The summed E-state index contributed by atoms with van der Waals surface area (Å²) in [5.74, 6) is 0.965. The molecule has 1 aromatic heterocycles. The summed E-state index contributed by atoms with van der Waals surface area (Å²) in [6.07, 6.45) is 0.973. The standard InChI is InChI=1S/C19H26N2O3S2/c1-16-6-7-17(2)18(15-16)24-13-4-8-20-9-11-21(12-10-20)26(22,23)19-5-3-14-25-19/h3,5-7,14-15H,4,8-13H2,1-2H3/p+1. The number of ether oxygens (including phenoxy) is 1. The van der Waals surface area contributed by atoms with E-state index in [1.807, 2.05) is 5.38 Å². The Labute approximate surface area is 160 Å². The number of thiophene rings is 1. The minimum Gasteiger partial charge on any atom is -0.493 e. The van der Waals surface area contributed by atoms with Crippen molar-refractivity contribution < 1.29 is 18.1 Å². The summed E-state index contributed by atoms with van der Waals surface area (Å²) in [5.41, 5.74) is 2.37. The van der Waals surface area contributed by atoms with Gasteiger partial charge in [0, 0.05) is 6.42 Å². The molecule has 142 valence electrons. The van der Waals surface area contributed by atoms with Gasteiger partial charge in [-0.05, 0) is 42.5 Å². The van der Waals surface area contributed by atoms with Gasteiger partial charge in [0.05, 0.1) is 39.3 Å². The number of hydrogen-bond acceptors (Lipinski definition) is 4. The van der Waals surface area contributed by atoms with Crippen LogP contribution in [0, 0.1) is 13.8 Å². The van der Waals surface area contributed by atoms with Gasteiger partial charge in [0.25, 0.3) is 10.0 Å². The molecule has 0 amide bonds. The third-order valence-electron chi connectivity index (χ3n) is 4.79. The van der Waals surface area contributed by atoms with E-state index in [1.165, 1.54) is 21.8 Å². The second-order valence-corrected chi connectivity index (χ2v) is 9.92. The number of sulfonamides is 1. The van der Waals surface area contributed by atoms with E-state index in [-0.39, 0.29) is 0 Å². The number of aryl methyl sites for hydroxylation is 2. The molecule has 1 aromatic carbocycles. The highest BCUT2D eigenvalue weighted by atomic mass is 32.2. The van der Waals surface area contributed by atoms with Gasteiger partial charge in [0.15, 0.2) is 0 Å². The maximum atomic E-state index is 12.5. The van der Waals surface area contributed by atoms with Crippen LogP contribution in [0.2, 0.25) is 0 Å². The fourth-order valence-corrected chi connectivity index (χ4v) is 5.78.